The lowest BCUT2D eigenvalue weighted by Gasteiger charge is -2.35. The lowest BCUT2D eigenvalue weighted by atomic mass is 10.1. The van der Waals surface area contributed by atoms with Crippen molar-refractivity contribution in [2.75, 3.05) is 25.6 Å². The maximum absolute atomic E-state index is 11.4. The number of halogens is 1. The summed E-state index contributed by atoms with van der Waals surface area (Å²) in [7, 11) is 0. The lowest BCUT2D eigenvalue weighted by molar-refractivity contribution is -0.137. The van der Waals surface area contributed by atoms with Gasteiger partial charge < -0.3 is 9.64 Å². The number of hydrogen-bond acceptors (Lipinski definition) is 2. The molecule has 1 saturated heterocycles. The quantitative estimate of drug-likeness (QED) is 0.624. The van der Waals surface area contributed by atoms with Gasteiger partial charge in [0.05, 0.1) is 19.3 Å². The predicted molar refractivity (Wildman–Crippen MR) is 49.8 cm³/mol. The molecule has 0 unspecified atom stereocenters. The zero-order valence-electron chi connectivity index (χ0n) is 7.54. The van der Waals surface area contributed by atoms with E-state index < -0.39 is 0 Å². The fourth-order valence-electron chi connectivity index (χ4n) is 1.88. The van der Waals surface area contributed by atoms with Gasteiger partial charge in [0.2, 0.25) is 5.91 Å². The molecule has 0 spiro atoms. The molecule has 2 fully saturated rings. The van der Waals surface area contributed by atoms with Crippen molar-refractivity contribution in [3.05, 3.63) is 0 Å². The van der Waals surface area contributed by atoms with E-state index in [4.69, 9.17) is 16.3 Å². The van der Waals surface area contributed by atoms with E-state index in [1.54, 1.807) is 0 Å². The number of hydrogen-bond donors (Lipinski definition) is 0. The fourth-order valence-corrected chi connectivity index (χ4v) is 2.03. The van der Waals surface area contributed by atoms with E-state index in [0.717, 1.165) is 0 Å². The van der Waals surface area contributed by atoms with Gasteiger partial charge in [0.1, 0.15) is 5.88 Å². The summed E-state index contributed by atoms with van der Waals surface area (Å²) < 4.78 is 5.37. The Bertz CT molecular complexity index is 206. The van der Waals surface area contributed by atoms with Gasteiger partial charge in [-0.3, -0.25) is 4.79 Å². The number of morpholine rings is 1. The Kier molecular flexibility index (Phi) is 2.74. The Balaban J connectivity index is 1.99. The van der Waals surface area contributed by atoms with E-state index in [-0.39, 0.29) is 11.8 Å². The van der Waals surface area contributed by atoms with Crippen LogP contribution in [0.25, 0.3) is 0 Å². The molecule has 0 bridgehead atoms. The van der Waals surface area contributed by atoms with E-state index in [1.807, 2.05) is 4.90 Å². The van der Waals surface area contributed by atoms with Crippen molar-refractivity contribution < 1.29 is 9.53 Å². The second kappa shape index (κ2) is 3.84. The van der Waals surface area contributed by atoms with Gasteiger partial charge in [-0.2, -0.15) is 0 Å². The maximum Gasteiger partial charge on any atom is 0.237 e. The molecule has 1 saturated carbocycles. The highest BCUT2D eigenvalue weighted by Gasteiger charge is 2.38. The molecule has 1 aliphatic heterocycles. The summed E-state index contributed by atoms with van der Waals surface area (Å²) in [4.78, 5) is 13.3. The average molecular weight is 204 g/mol. The molecular weight excluding hydrogens is 190 g/mol. The number of amides is 1. The van der Waals surface area contributed by atoms with Crippen LogP contribution in [0, 0.1) is 5.92 Å². The molecule has 0 N–H and O–H groups in total. The summed E-state index contributed by atoms with van der Waals surface area (Å²) in [6, 6.07) is 0.306. The van der Waals surface area contributed by atoms with Crippen LogP contribution < -0.4 is 0 Å². The van der Waals surface area contributed by atoms with Gasteiger partial charge in [-0.25, -0.2) is 0 Å². The van der Waals surface area contributed by atoms with Gasteiger partial charge in [-0.15, -0.1) is 11.6 Å². The van der Waals surface area contributed by atoms with E-state index in [9.17, 15) is 4.79 Å². The van der Waals surface area contributed by atoms with Gasteiger partial charge >= 0.3 is 0 Å². The molecule has 1 heterocycles. The van der Waals surface area contributed by atoms with Crippen LogP contribution in [0.15, 0.2) is 0 Å². The van der Waals surface area contributed by atoms with Crippen molar-refractivity contribution in [1.82, 2.24) is 4.90 Å². The van der Waals surface area contributed by atoms with E-state index in [0.29, 0.717) is 31.7 Å². The second-order valence-corrected chi connectivity index (χ2v) is 3.97. The molecule has 0 radical (unpaired) electrons. The Morgan fingerprint density at radius 2 is 2.31 bits per heavy atom. The minimum Gasteiger partial charge on any atom is -0.377 e. The first kappa shape index (κ1) is 9.28. The molecule has 0 aromatic rings. The smallest absolute Gasteiger partial charge is 0.237 e. The molecule has 1 atom stereocenters. The first-order valence-electron chi connectivity index (χ1n) is 4.76. The normalized spacial score (nSPS) is 29.0. The Hall–Kier alpha value is -0.280. The van der Waals surface area contributed by atoms with Gasteiger partial charge in [0.15, 0.2) is 0 Å². The molecule has 2 rings (SSSR count). The monoisotopic (exact) mass is 203 g/mol. The van der Waals surface area contributed by atoms with Crippen LogP contribution in [0.5, 0.6) is 0 Å². The van der Waals surface area contributed by atoms with Gasteiger partial charge in [-0.05, 0) is 18.8 Å². The van der Waals surface area contributed by atoms with Gasteiger partial charge in [0.25, 0.3) is 0 Å². The highest BCUT2D eigenvalue weighted by atomic mass is 35.5. The zero-order chi connectivity index (χ0) is 9.26. The molecule has 1 amide bonds. The SMILES string of the molecule is O=C(CCl)N1CCOC[C@H]1C1CC1. The molecule has 3 nitrogen and oxygen atoms in total. The highest BCUT2D eigenvalue weighted by molar-refractivity contribution is 6.27. The first-order chi connectivity index (χ1) is 6.33. The van der Waals surface area contributed by atoms with Crippen LogP contribution in [-0.4, -0.2) is 42.5 Å². The van der Waals surface area contributed by atoms with E-state index in [2.05, 4.69) is 0 Å². The minimum absolute atomic E-state index is 0.0573. The molecule has 4 heteroatoms. The van der Waals surface area contributed by atoms with Crippen molar-refractivity contribution in [2.45, 2.75) is 18.9 Å². The van der Waals surface area contributed by atoms with Gasteiger partial charge in [0, 0.05) is 6.54 Å². The molecule has 0 aromatic carbocycles. The van der Waals surface area contributed by atoms with E-state index in [1.165, 1.54) is 12.8 Å². The van der Waals surface area contributed by atoms with Crippen LogP contribution in [0.2, 0.25) is 0 Å². The lowest BCUT2D eigenvalue weighted by Crippen LogP contribution is -2.50. The number of carbonyl (C=O) groups excluding carboxylic acids is 1. The summed E-state index contributed by atoms with van der Waals surface area (Å²) in [5.74, 6) is 0.831. The highest BCUT2D eigenvalue weighted by Crippen LogP contribution is 2.36. The fraction of sp³-hybridized carbons (Fsp3) is 0.889. The number of ether oxygens (including phenoxy) is 1. The summed E-state index contributed by atoms with van der Waals surface area (Å²) in [5.41, 5.74) is 0. The molecular formula is C9H14ClNO2. The number of alkyl halides is 1. The van der Waals surface area contributed by atoms with Crippen molar-refractivity contribution in [3.63, 3.8) is 0 Å². The molecule has 1 aliphatic carbocycles. The average Bonchev–Trinajstić information content (AvgIpc) is 3.00. The molecule has 74 valence electrons. The minimum atomic E-state index is 0.0573. The molecule has 0 aromatic heterocycles. The Morgan fingerprint density at radius 3 is 2.92 bits per heavy atom. The third-order valence-electron chi connectivity index (χ3n) is 2.77. The van der Waals surface area contributed by atoms with Crippen molar-refractivity contribution in [2.24, 2.45) is 5.92 Å². The maximum atomic E-state index is 11.4. The number of rotatable bonds is 2. The topological polar surface area (TPSA) is 29.5 Å². The largest absolute Gasteiger partial charge is 0.377 e. The standard InChI is InChI=1S/C9H14ClNO2/c10-5-9(12)11-3-4-13-6-8(11)7-1-2-7/h7-8H,1-6H2/t8-/m0/s1. The first-order valence-corrected chi connectivity index (χ1v) is 5.29. The van der Waals surface area contributed by atoms with Crippen molar-refractivity contribution >= 4 is 17.5 Å². The molecule has 2 aliphatic rings. The summed E-state index contributed by atoms with van der Waals surface area (Å²) in [5, 5.41) is 0. The van der Waals surface area contributed by atoms with Crippen LogP contribution in [0.1, 0.15) is 12.8 Å². The van der Waals surface area contributed by atoms with Crippen LogP contribution >= 0.6 is 11.6 Å². The Labute approximate surface area is 83.0 Å². The van der Waals surface area contributed by atoms with Gasteiger partial charge in [-0.1, -0.05) is 0 Å². The third kappa shape index (κ3) is 1.97. The molecule has 13 heavy (non-hydrogen) atoms. The third-order valence-corrected chi connectivity index (χ3v) is 2.99. The van der Waals surface area contributed by atoms with Crippen molar-refractivity contribution in [1.29, 1.82) is 0 Å². The summed E-state index contributed by atoms with van der Waals surface area (Å²) >= 11 is 5.54. The second-order valence-electron chi connectivity index (χ2n) is 3.70. The van der Waals surface area contributed by atoms with E-state index >= 15 is 0 Å². The summed E-state index contributed by atoms with van der Waals surface area (Å²) in [6.45, 7) is 2.08. The predicted octanol–water partition coefficient (Wildman–Crippen LogP) is 0.863. The number of nitrogens with zero attached hydrogens (tertiary/aromatic N) is 1. The Morgan fingerprint density at radius 1 is 1.54 bits per heavy atom. The zero-order valence-corrected chi connectivity index (χ0v) is 8.29. The van der Waals surface area contributed by atoms with Crippen LogP contribution in [0.4, 0.5) is 0 Å². The number of carbonyl (C=O) groups is 1. The summed E-state index contributed by atoms with van der Waals surface area (Å²) in [6.07, 6.45) is 2.47. The van der Waals surface area contributed by atoms with Crippen LogP contribution in [0.3, 0.4) is 0 Å². The van der Waals surface area contributed by atoms with Crippen molar-refractivity contribution in [3.8, 4) is 0 Å². The van der Waals surface area contributed by atoms with Crippen LogP contribution in [-0.2, 0) is 9.53 Å².